The van der Waals surface area contributed by atoms with Crippen molar-refractivity contribution in [2.45, 2.75) is 57.5 Å². The molecule has 1 N–H and O–H groups in total. The lowest BCUT2D eigenvalue weighted by Gasteiger charge is -2.36. The summed E-state index contributed by atoms with van der Waals surface area (Å²) in [6.45, 7) is 4.56. The molecule has 0 saturated heterocycles. The highest BCUT2D eigenvalue weighted by molar-refractivity contribution is 5.09. The molecule has 1 aliphatic rings. The molecule has 1 fully saturated rings. The van der Waals surface area contributed by atoms with Gasteiger partial charge in [0.05, 0.1) is 0 Å². The van der Waals surface area contributed by atoms with Crippen molar-refractivity contribution in [3.05, 3.63) is 30.1 Å². The lowest BCUT2D eigenvalue weighted by Crippen LogP contribution is -2.43. The zero-order valence-corrected chi connectivity index (χ0v) is 13.0. The first-order valence-electron chi connectivity index (χ1n) is 8.12. The molecule has 2 unspecified atom stereocenters. The van der Waals surface area contributed by atoms with Gasteiger partial charge in [-0.3, -0.25) is 4.98 Å². The molecule has 0 aromatic carbocycles. The average Bonchev–Trinajstić information content (AvgIpc) is 2.52. The van der Waals surface area contributed by atoms with Crippen LogP contribution in [-0.2, 0) is 6.42 Å². The SMILES string of the molecule is CCCNC1CCCC(N(C)CCc2ccncc2)C1. The molecule has 20 heavy (non-hydrogen) atoms. The zero-order chi connectivity index (χ0) is 14.2. The molecule has 0 radical (unpaired) electrons. The van der Waals surface area contributed by atoms with Gasteiger partial charge in [0.25, 0.3) is 0 Å². The molecular weight excluding hydrogens is 246 g/mol. The van der Waals surface area contributed by atoms with Gasteiger partial charge in [-0.05, 0) is 63.4 Å². The first kappa shape index (κ1) is 15.5. The van der Waals surface area contributed by atoms with E-state index in [9.17, 15) is 0 Å². The van der Waals surface area contributed by atoms with E-state index in [1.54, 1.807) is 0 Å². The van der Waals surface area contributed by atoms with Crippen molar-refractivity contribution in [2.24, 2.45) is 0 Å². The van der Waals surface area contributed by atoms with Gasteiger partial charge in [-0.1, -0.05) is 13.3 Å². The molecule has 1 saturated carbocycles. The molecule has 1 aromatic rings. The first-order chi connectivity index (χ1) is 9.79. The second kappa shape index (κ2) is 8.38. The maximum absolute atomic E-state index is 4.08. The molecule has 2 atom stereocenters. The van der Waals surface area contributed by atoms with E-state index in [1.165, 1.54) is 37.7 Å². The summed E-state index contributed by atoms with van der Waals surface area (Å²) in [5.41, 5.74) is 1.39. The van der Waals surface area contributed by atoms with Gasteiger partial charge in [-0.2, -0.15) is 0 Å². The maximum atomic E-state index is 4.08. The van der Waals surface area contributed by atoms with Gasteiger partial charge in [0.2, 0.25) is 0 Å². The molecule has 1 heterocycles. The largest absolute Gasteiger partial charge is 0.314 e. The highest BCUT2D eigenvalue weighted by atomic mass is 15.1. The van der Waals surface area contributed by atoms with Crippen LogP contribution in [0.1, 0.15) is 44.6 Å². The number of rotatable bonds is 7. The molecule has 1 aromatic heterocycles. The number of nitrogens with one attached hydrogen (secondary N) is 1. The third kappa shape index (κ3) is 4.88. The summed E-state index contributed by atoms with van der Waals surface area (Å²) in [4.78, 5) is 6.63. The Hall–Kier alpha value is -0.930. The second-order valence-electron chi connectivity index (χ2n) is 6.06. The molecule has 0 bridgehead atoms. The van der Waals surface area contributed by atoms with E-state index >= 15 is 0 Å². The number of pyridine rings is 1. The third-order valence-electron chi connectivity index (χ3n) is 4.46. The Labute approximate surface area is 123 Å². The summed E-state index contributed by atoms with van der Waals surface area (Å²) in [6.07, 6.45) is 11.5. The Balaban J connectivity index is 1.75. The van der Waals surface area contributed by atoms with Gasteiger partial charge in [-0.25, -0.2) is 0 Å². The third-order valence-corrected chi connectivity index (χ3v) is 4.46. The van der Waals surface area contributed by atoms with Crippen molar-refractivity contribution in [2.75, 3.05) is 20.1 Å². The van der Waals surface area contributed by atoms with Crippen LogP contribution in [0.15, 0.2) is 24.5 Å². The van der Waals surface area contributed by atoms with Crippen molar-refractivity contribution in [1.82, 2.24) is 15.2 Å². The Bertz CT molecular complexity index is 366. The van der Waals surface area contributed by atoms with E-state index < -0.39 is 0 Å². The topological polar surface area (TPSA) is 28.2 Å². The van der Waals surface area contributed by atoms with Crippen LogP contribution in [0.3, 0.4) is 0 Å². The highest BCUT2D eigenvalue weighted by Gasteiger charge is 2.24. The number of hydrogen-bond donors (Lipinski definition) is 1. The molecule has 0 aliphatic heterocycles. The van der Waals surface area contributed by atoms with E-state index in [2.05, 4.69) is 41.3 Å². The van der Waals surface area contributed by atoms with E-state index in [4.69, 9.17) is 0 Å². The molecular formula is C17H29N3. The summed E-state index contributed by atoms with van der Waals surface area (Å²) in [6, 6.07) is 5.73. The molecule has 2 rings (SSSR count). The number of aromatic nitrogens is 1. The Morgan fingerprint density at radius 1 is 1.30 bits per heavy atom. The van der Waals surface area contributed by atoms with Crippen molar-refractivity contribution in [3.63, 3.8) is 0 Å². The molecule has 0 spiro atoms. The summed E-state index contributed by atoms with van der Waals surface area (Å²) in [5.74, 6) is 0. The zero-order valence-electron chi connectivity index (χ0n) is 13.0. The van der Waals surface area contributed by atoms with Crippen LogP contribution in [0.25, 0.3) is 0 Å². The lowest BCUT2D eigenvalue weighted by atomic mass is 9.90. The monoisotopic (exact) mass is 275 g/mol. The Morgan fingerprint density at radius 2 is 2.10 bits per heavy atom. The van der Waals surface area contributed by atoms with Gasteiger partial charge in [0.15, 0.2) is 0 Å². The van der Waals surface area contributed by atoms with E-state index in [0.717, 1.165) is 31.6 Å². The van der Waals surface area contributed by atoms with Gasteiger partial charge < -0.3 is 10.2 Å². The fourth-order valence-electron chi connectivity index (χ4n) is 3.14. The number of nitrogens with zero attached hydrogens (tertiary/aromatic N) is 2. The van der Waals surface area contributed by atoms with Gasteiger partial charge >= 0.3 is 0 Å². The Kier molecular flexibility index (Phi) is 6.48. The van der Waals surface area contributed by atoms with Crippen LogP contribution in [0.5, 0.6) is 0 Å². The quantitative estimate of drug-likeness (QED) is 0.829. The van der Waals surface area contributed by atoms with Crippen LogP contribution in [0.2, 0.25) is 0 Å². The predicted octanol–water partition coefficient (Wildman–Crippen LogP) is 2.87. The Morgan fingerprint density at radius 3 is 2.85 bits per heavy atom. The number of hydrogen-bond acceptors (Lipinski definition) is 3. The normalized spacial score (nSPS) is 23.1. The minimum absolute atomic E-state index is 0.733. The van der Waals surface area contributed by atoms with E-state index in [0.29, 0.717) is 0 Å². The minimum Gasteiger partial charge on any atom is -0.314 e. The van der Waals surface area contributed by atoms with Crippen LogP contribution in [-0.4, -0.2) is 42.1 Å². The van der Waals surface area contributed by atoms with Crippen molar-refractivity contribution >= 4 is 0 Å². The van der Waals surface area contributed by atoms with Crippen molar-refractivity contribution < 1.29 is 0 Å². The van der Waals surface area contributed by atoms with Gasteiger partial charge in [-0.15, -0.1) is 0 Å². The average molecular weight is 275 g/mol. The van der Waals surface area contributed by atoms with Crippen LogP contribution in [0, 0.1) is 0 Å². The molecule has 112 valence electrons. The summed E-state index contributed by atoms with van der Waals surface area (Å²) in [7, 11) is 2.29. The molecule has 1 aliphatic carbocycles. The second-order valence-corrected chi connectivity index (χ2v) is 6.06. The van der Waals surface area contributed by atoms with E-state index in [1.807, 2.05) is 12.4 Å². The molecule has 3 heteroatoms. The van der Waals surface area contributed by atoms with Gasteiger partial charge in [0, 0.05) is 31.0 Å². The maximum Gasteiger partial charge on any atom is 0.0270 e. The van der Waals surface area contributed by atoms with Crippen LogP contribution < -0.4 is 5.32 Å². The predicted molar refractivity (Wildman–Crippen MR) is 84.9 cm³/mol. The summed E-state index contributed by atoms with van der Waals surface area (Å²) in [5, 5.41) is 3.69. The fourth-order valence-corrected chi connectivity index (χ4v) is 3.14. The van der Waals surface area contributed by atoms with Crippen molar-refractivity contribution in [3.8, 4) is 0 Å². The highest BCUT2D eigenvalue weighted by Crippen LogP contribution is 2.22. The number of likely N-dealkylation sites (N-methyl/N-ethyl adjacent to an activating group) is 1. The minimum atomic E-state index is 0.733. The standard InChI is InChI=1S/C17H29N3/c1-3-10-19-16-5-4-6-17(14-16)20(2)13-9-15-7-11-18-12-8-15/h7-8,11-12,16-17,19H,3-6,9-10,13-14H2,1-2H3. The first-order valence-corrected chi connectivity index (χ1v) is 8.12. The molecule has 3 nitrogen and oxygen atoms in total. The van der Waals surface area contributed by atoms with Crippen LogP contribution >= 0.6 is 0 Å². The van der Waals surface area contributed by atoms with E-state index in [-0.39, 0.29) is 0 Å². The van der Waals surface area contributed by atoms with Crippen LogP contribution in [0.4, 0.5) is 0 Å². The fraction of sp³-hybridized carbons (Fsp3) is 0.706. The lowest BCUT2D eigenvalue weighted by molar-refractivity contribution is 0.171. The van der Waals surface area contributed by atoms with Gasteiger partial charge in [0.1, 0.15) is 0 Å². The summed E-state index contributed by atoms with van der Waals surface area (Å²) >= 11 is 0. The smallest absolute Gasteiger partial charge is 0.0270 e. The van der Waals surface area contributed by atoms with Crippen molar-refractivity contribution in [1.29, 1.82) is 0 Å². The molecule has 0 amide bonds. The summed E-state index contributed by atoms with van der Waals surface area (Å²) < 4.78 is 0.